The third-order valence-electron chi connectivity index (χ3n) is 3.62. The van der Waals surface area contributed by atoms with Gasteiger partial charge in [0.25, 0.3) is 0 Å². The number of benzene rings is 2. The van der Waals surface area contributed by atoms with Crippen molar-refractivity contribution < 1.29 is 9.59 Å². The van der Waals surface area contributed by atoms with Crippen molar-refractivity contribution in [1.82, 2.24) is 10.9 Å². The lowest BCUT2D eigenvalue weighted by Crippen LogP contribution is -2.22. The molecule has 0 bridgehead atoms. The number of thioether (sulfide) groups is 2. The normalized spacial score (nSPS) is 11.1. The summed E-state index contributed by atoms with van der Waals surface area (Å²) >= 11 is 3.32. The van der Waals surface area contributed by atoms with E-state index in [2.05, 4.69) is 21.1 Å². The molecule has 0 saturated carbocycles. The van der Waals surface area contributed by atoms with Crippen LogP contribution in [0.2, 0.25) is 0 Å². The predicted molar refractivity (Wildman–Crippen MR) is 117 cm³/mol. The lowest BCUT2D eigenvalue weighted by molar-refractivity contribution is -0.126. The Morgan fingerprint density at radius 3 is 1.43 bits per heavy atom. The molecule has 0 atom stereocenters. The van der Waals surface area contributed by atoms with Crippen molar-refractivity contribution >= 4 is 47.8 Å². The van der Waals surface area contributed by atoms with Crippen molar-refractivity contribution in [1.29, 1.82) is 0 Å². The largest absolute Gasteiger partial charge is 0.273 e. The third kappa shape index (κ3) is 7.98. The molecule has 146 valence electrons. The van der Waals surface area contributed by atoms with Crippen LogP contribution in [0.4, 0.5) is 0 Å². The van der Waals surface area contributed by atoms with Crippen LogP contribution in [0.25, 0.3) is 0 Å². The summed E-state index contributed by atoms with van der Waals surface area (Å²) in [6.07, 6.45) is 7.21. The number of amides is 2. The van der Waals surface area contributed by atoms with Gasteiger partial charge in [0.1, 0.15) is 0 Å². The molecule has 8 heteroatoms. The lowest BCUT2D eigenvalue weighted by Gasteiger charge is -2.01. The van der Waals surface area contributed by atoms with Crippen LogP contribution in [0, 0.1) is 0 Å². The first-order valence-electron chi connectivity index (χ1n) is 8.52. The van der Waals surface area contributed by atoms with Crippen LogP contribution in [0.15, 0.2) is 68.5 Å². The van der Waals surface area contributed by atoms with Gasteiger partial charge in [-0.15, -0.1) is 23.5 Å². The van der Waals surface area contributed by atoms with E-state index in [9.17, 15) is 9.59 Å². The molecule has 0 heterocycles. The number of carbonyl (C=O) groups is 2. The molecule has 0 spiro atoms. The fraction of sp³-hybridized carbons (Fsp3) is 0.200. The summed E-state index contributed by atoms with van der Waals surface area (Å²) in [6.45, 7) is 0. The average Bonchev–Trinajstić information content (AvgIpc) is 2.73. The van der Waals surface area contributed by atoms with Crippen molar-refractivity contribution in [2.24, 2.45) is 10.2 Å². The second-order valence-electron chi connectivity index (χ2n) is 5.63. The van der Waals surface area contributed by atoms with Gasteiger partial charge in [0, 0.05) is 22.6 Å². The Morgan fingerprint density at radius 2 is 1.11 bits per heavy atom. The van der Waals surface area contributed by atoms with Gasteiger partial charge >= 0.3 is 0 Å². The Morgan fingerprint density at radius 1 is 0.750 bits per heavy atom. The Kier molecular flexibility index (Phi) is 9.30. The van der Waals surface area contributed by atoms with Gasteiger partial charge in [0.05, 0.1) is 12.4 Å². The smallest absolute Gasteiger partial charge is 0.240 e. The number of nitrogens with one attached hydrogen (secondary N) is 2. The van der Waals surface area contributed by atoms with Crippen molar-refractivity contribution in [2.75, 3.05) is 12.5 Å². The van der Waals surface area contributed by atoms with Gasteiger partial charge < -0.3 is 0 Å². The Balaban J connectivity index is 1.67. The fourth-order valence-corrected chi connectivity index (χ4v) is 2.89. The van der Waals surface area contributed by atoms with Crippen LogP contribution in [0.1, 0.15) is 24.0 Å². The highest BCUT2D eigenvalue weighted by molar-refractivity contribution is 7.98. The standard InChI is InChI=1S/C20H22N4O2S2/c1-27-17-7-3-15(4-8-17)13-21-23-19(25)11-12-20(26)24-22-14-16-5-9-18(28-2)10-6-16/h3-10,13-14H,11-12H2,1-2H3,(H,23,25)(H,24,26)/b21-13-,22-14-. The van der Waals surface area contributed by atoms with Gasteiger partial charge in [-0.25, -0.2) is 10.9 Å². The minimum atomic E-state index is -0.330. The third-order valence-corrected chi connectivity index (χ3v) is 5.10. The lowest BCUT2D eigenvalue weighted by atomic mass is 10.2. The SMILES string of the molecule is CSc1ccc(/C=N\NC(=O)CCC(=O)N/N=C\c2ccc(SC)cc2)cc1. The Hall–Kier alpha value is -2.58. The van der Waals surface area contributed by atoms with Crippen molar-refractivity contribution in [3.05, 3.63) is 59.7 Å². The van der Waals surface area contributed by atoms with E-state index in [4.69, 9.17) is 0 Å². The molecule has 28 heavy (non-hydrogen) atoms. The maximum Gasteiger partial charge on any atom is 0.240 e. The minimum absolute atomic E-state index is 0.0343. The van der Waals surface area contributed by atoms with Gasteiger partial charge in [-0.1, -0.05) is 24.3 Å². The van der Waals surface area contributed by atoms with Crippen LogP contribution >= 0.6 is 23.5 Å². The van der Waals surface area contributed by atoms with E-state index in [0.29, 0.717) is 0 Å². The number of carbonyl (C=O) groups excluding carboxylic acids is 2. The summed E-state index contributed by atoms with van der Waals surface area (Å²) in [5.41, 5.74) is 6.60. The highest BCUT2D eigenvalue weighted by Gasteiger charge is 2.05. The molecule has 0 radical (unpaired) electrons. The first-order chi connectivity index (χ1) is 13.6. The topological polar surface area (TPSA) is 82.9 Å². The zero-order valence-corrected chi connectivity index (χ0v) is 17.3. The second-order valence-corrected chi connectivity index (χ2v) is 7.39. The van der Waals surface area contributed by atoms with E-state index in [0.717, 1.165) is 20.9 Å². The van der Waals surface area contributed by atoms with Gasteiger partial charge in [-0.05, 0) is 47.9 Å². The molecule has 2 rings (SSSR count). The molecular formula is C20H22N4O2S2. The summed E-state index contributed by atoms with van der Waals surface area (Å²) in [5.74, 6) is -0.660. The minimum Gasteiger partial charge on any atom is -0.273 e. The molecule has 0 aromatic heterocycles. The number of hydrogen-bond acceptors (Lipinski definition) is 6. The van der Waals surface area contributed by atoms with Crippen LogP contribution in [-0.2, 0) is 9.59 Å². The van der Waals surface area contributed by atoms with Crippen molar-refractivity contribution in [3.63, 3.8) is 0 Å². The quantitative estimate of drug-likeness (QED) is 0.374. The monoisotopic (exact) mass is 414 g/mol. The van der Waals surface area contributed by atoms with Crippen LogP contribution in [0.3, 0.4) is 0 Å². The van der Waals surface area contributed by atoms with E-state index in [1.165, 1.54) is 0 Å². The van der Waals surface area contributed by atoms with Gasteiger partial charge in [-0.2, -0.15) is 10.2 Å². The summed E-state index contributed by atoms with van der Waals surface area (Å²) in [5, 5.41) is 7.79. The van der Waals surface area contributed by atoms with E-state index in [1.54, 1.807) is 36.0 Å². The fourth-order valence-electron chi connectivity index (χ4n) is 2.08. The second kappa shape index (κ2) is 12.0. The van der Waals surface area contributed by atoms with Gasteiger partial charge in [0.15, 0.2) is 0 Å². The summed E-state index contributed by atoms with van der Waals surface area (Å²) < 4.78 is 0. The zero-order chi connectivity index (χ0) is 20.2. The average molecular weight is 415 g/mol. The zero-order valence-electron chi connectivity index (χ0n) is 15.7. The molecule has 0 saturated heterocycles. The van der Waals surface area contributed by atoms with Crippen molar-refractivity contribution in [3.8, 4) is 0 Å². The number of nitrogens with zero attached hydrogens (tertiary/aromatic N) is 2. The number of hydrogen-bond donors (Lipinski definition) is 2. The van der Waals surface area contributed by atoms with E-state index in [1.807, 2.05) is 61.0 Å². The molecular weight excluding hydrogens is 392 g/mol. The molecule has 0 aliphatic heterocycles. The number of rotatable bonds is 9. The molecule has 2 N–H and O–H groups in total. The van der Waals surface area contributed by atoms with Crippen molar-refractivity contribution in [2.45, 2.75) is 22.6 Å². The number of hydrazone groups is 2. The maximum absolute atomic E-state index is 11.7. The summed E-state index contributed by atoms with van der Waals surface area (Å²) in [6, 6.07) is 15.6. The van der Waals surface area contributed by atoms with Gasteiger partial charge in [-0.3, -0.25) is 9.59 Å². The molecule has 0 aliphatic rings. The predicted octanol–water partition coefficient (Wildman–Crippen LogP) is 3.51. The molecule has 2 aromatic carbocycles. The van der Waals surface area contributed by atoms with Gasteiger partial charge in [0.2, 0.25) is 11.8 Å². The van der Waals surface area contributed by atoms with Crippen LogP contribution in [0.5, 0.6) is 0 Å². The molecule has 0 fully saturated rings. The molecule has 0 aliphatic carbocycles. The first kappa shape index (κ1) is 21.7. The summed E-state index contributed by atoms with van der Waals surface area (Å²) in [7, 11) is 0. The van der Waals surface area contributed by atoms with E-state index >= 15 is 0 Å². The highest BCUT2D eigenvalue weighted by Crippen LogP contribution is 2.14. The Labute approximate surface area is 173 Å². The van der Waals surface area contributed by atoms with E-state index in [-0.39, 0.29) is 24.7 Å². The first-order valence-corrected chi connectivity index (χ1v) is 11.0. The van der Waals surface area contributed by atoms with Crippen LogP contribution < -0.4 is 10.9 Å². The molecule has 2 aromatic rings. The summed E-state index contributed by atoms with van der Waals surface area (Å²) in [4.78, 5) is 25.8. The maximum atomic E-state index is 11.7. The Bertz CT molecular complexity index is 763. The molecule has 0 unspecified atom stereocenters. The van der Waals surface area contributed by atoms with Crippen LogP contribution in [-0.4, -0.2) is 36.8 Å². The highest BCUT2D eigenvalue weighted by atomic mass is 32.2. The van der Waals surface area contributed by atoms with E-state index < -0.39 is 0 Å². The molecule has 6 nitrogen and oxygen atoms in total. The molecule has 2 amide bonds.